The first kappa shape index (κ1) is 39.0. The van der Waals surface area contributed by atoms with Crippen LogP contribution in [0.2, 0.25) is 0 Å². The molecule has 1 aromatic carbocycles. The van der Waals surface area contributed by atoms with Gasteiger partial charge in [0.25, 0.3) is 0 Å². The Kier molecular flexibility index (Phi) is 9.74. The average molecular weight is 762 g/mol. The summed E-state index contributed by atoms with van der Waals surface area (Å²) in [6.07, 6.45) is -7.68. The zero-order valence-corrected chi connectivity index (χ0v) is 31.3. The summed E-state index contributed by atoms with van der Waals surface area (Å²) in [4.78, 5) is 54.2. The van der Waals surface area contributed by atoms with E-state index in [9.17, 15) is 39.6 Å². The number of ether oxygens (including phenoxy) is 7. The highest BCUT2D eigenvalue weighted by Crippen LogP contribution is 2.81. The fourth-order valence-electron chi connectivity index (χ4n) is 12.9. The van der Waals surface area contributed by atoms with Crippen molar-refractivity contribution in [2.75, 3.05) is 48.1 Å². The molecule has 54 heavy (non-hydrogen) atoms. The fraction of sp³-hybridized carbons (Fsp3) is 0.737. The van der Waals surface area contributed by atoms with Crippen LogP contribution >= 0.6 is 0 Å². The lowest BCUT2D eigenvalue weighted by Crippen LogP contribution is -2.83. The van der Waals surface area contributed by atoms with Crippen LogP contribution in [0.25, 0.3) is 0 Å². The van der Waals surface area contributed by atoms with Gasteiger partial charge in [0.15, 0.2) is 5.60 Å². The lowest BCUT2D eigenvalue weighted by atomic mass is 9.41. The van der Waals surface area contributed by atoms with E-state index in [1.165, 1.54) is 35.4 Å². The number of likely N-dealkylation sites (tertiary alicyclic amines) is 1. The average Bonchev–Trinajstić information content (AvgIpc) is 3.51. The number of carbonyl (C=O) groups is 4. The highest BCUT2D eigenvalue weighted by molar-refractivity contribution is 5.89. The molecule has 0 radical (unpaired) electrons. The van der Waals surface area contributed by atoms with E-state index in [0.29, 0.717) is 6.54 Å². The molecule has 16 nitrogen and oxygen atoms in total. The number of aliphatic hydroxyl groups is 3. The maximum absolute atomic E-state index is 13.9. The largest absolute Gasteiger partial charge is 0.481 e. The van der Waals surface area contributed by atoms with Crippen LogP contribution in [0, 0.1) is 34.5 Å². The number of carboxylic acid groups (broad SMARTS) is 1. The van der Waals surface area contributed by atoms with Crippen molar-refractivity contribution in [2.24, 2.45) is 34.5 Å². The number of hydrogen-bond acceptors (Lipinski definition) is 15. The number of benzene rings is 1. The van der Waals surface area contributed by atoms with Crippen molar-refractivity contribution in [3.05, 3.63) is 35.9 Å². The zero-order chi connectivity index (χ0) is 39.2. The van der Waals surface area contributed by atoms with Crippen LogP contribution in [-0.4, -0.2) is 151 Å². The smallest absolute Gasteiger partial charge is 0.338 e. The van der Waals surface area contributed by atoms with Crippen LogP contribution < -0.4 is 0 Å². The summed E-state index contributed by atoms with van der Waals surface area (Å²) in [5.74, 6) is -9.42. The molecule has 1 aromatic rings. The standard InChI is InChI=1S/C38H51NO15/c1-7-39-17-34(18-48-3)28-27(50-5)26-29(39)37(28,22(49-4)16-36(34,47)54-24(43)14-13-23(41)42)21-15-35(46)31(52-33(45)20-11-9-8-10-12-20)25(21)38(26,53-19(2)40)30(44)32(35)51-6/h8-12,21-22,25-32,44,46-47H,7,13-18H2,1-6H3,(H,41,42)/t21-,22+,25-,26+,27+,28-,29-,30+,31-,32+,34-,35+,36?,37+,38-/m1/s1. The third-order valence-corrected chi connectivity index (χ3v) is 14.1. The maximum atomic E-state index is 13.9. The Balaban J connectivity index is 1.50. The predicted molar refractivity (Wildman–Crippen MR) is 182 cm³/mol. The monoisotopic (exact) mass is 761 g/mol. The first-order chi connectivity index (χ1) is 25.6. The molecule has 16 heteroatoms. The SMILES string of the molecule is CCN1C[C@@]2(COC)[C@H]3[C@@H](OC)[C@H]4[C@@H]1[C@]3([C@@H](OC)CC2(O)OC(=O)CCC(=O)O)[C@@H]1C[C@]2(O)[C@H](OC(=O)c3ccccc3)[C@@H]1[C@]4(OC(C)=O)[C@@H](O)[C@@H]2OC. The second kappa shape index (κ2) is 13.5. The number of rotatable bonds is 13. The number of carbonyl (C=O) groups excluding carboxylic acids is 3. The van der Waals surface area contributed by atoms with Gasteiger partial charge in [0.05, 0.1) is 42.6 Å². The molecule has 6 fully saturated rings. The molecule has 1 aliphatic heterocycles. The van der Waals surface area contributed by atoms with Crippen molar-refractivity contribution >= 4 is 23.9 Å². The molecular weight excluding hydrogens is 710 g/mol. The fourth-order valence-corrected chi connectivity index (χ4v) is 12.9. The molecule has 15 atom stereocenters. The first-order valence-electron chi connectivity index (χ1n) is 18.5. The molecule has 7 bridgehead atoms. The highest BCUT2D eigenvalue weighted by Gasteiger charge is 2.93. The Hall–Kier alpha value is -3.22. The Labute approximate surface area is 312 Å². The summed E-state index contributed by atoms with van der Waals surface area (Å²) in [5.41, 5.74) is -6.25. The van der Waals surface area contributed by atoms with E-state index >= 15 is 0 Å². The Bertz CT molecular complexity index is 1660. The molecule has 6 aliphatic rings. The summed E-state index contributed by atoms with van der Waals surface area (Å²) in [5, 5.41) is 47.8. The second-order valence-corrected chi connectivity index (χ2v) is 15.9. The van der Waals surface area contributed by atoms with Crippen LogP contribution in [0.3, 0.4) is 0 Å². The van der Waals surface area contributed by atoms with Crippen LogP contribution in [0.5, 0.6) is 0 Å². The quantitative estimate of drug-likeness (QED) is 0.121. The van der Waals surface area contributed by atoms with Crippen molar-refractivity contribution in [3.8, 4) is 0 Å². The van der Waals surface area contributed by atoms with Gasteiger partial charge in [-0.1, -0.05) is 25.1 Å². The van der Waals surface area contributed by atoms with Gasteiger partial charge in [-0.2, -0.15) is 0 Å². The van der Waals surface area contributed by atoms with Gasteiger partial charge < -0.3 is 53.6 Å². The molecule has 0 amide bonds. The summed E-state index contributed by atoms with van der Waals surface area (Å²) < 4.78 is 43.4. The van der Waals surface area contributed by atoms with Crippen molar-refractivity contribution in [1.29, 1.82) is 0 Å². The lowest BCUT2D eigenvalue weighted by Gasteiger charge is -2.71. The Morgan fingerprint density at radius 1 is 0.907 bits per heavy atom. The van der Waals surface area contributed by atoms with Crippen molar-refractivity contribution in [2.45, 2.75) is 93.1 Å². The minimum Gasteiger partial charge on any atom is -0.481 e. The molecule has 5 aliphatic carbocycles. The lowest BCUT2D eigenvalue weighted by molar-refractivity contribution is -0.377. The first-order valence-corrected chi connectivity index (χ1v) is 18.5. The van der Waals surface area contributed by atoms with E-state index in [4.69, 9.17) is 33.2 Å². The molecule has 1 heterocycles. The second-order valence-electron chi connectivity index (χ2n) is 15.9. The number of aliphatic hydroxyl groups excluding tert-OH is 1. The van der Waals surface area contributed by atoms with Crippen molar-refractivity contribution in [1.82, 2.24) is 4.90 Å². The number of fused-ring (bicyclic) bond motifs is 2. The van der Waals surface area contributed by atoms with Crippen molar-refractivity contribution < 1.29 is 72.8 Å². The molecule has 4 N–H and O–H groups in total. The Morgan fingerprint density at radius 2 is 1.61 bits per heavy atom. The molecule has 0 aromatic heterocycles. The number of aliphatic carboxylic acids is 1. The minimum atomic E-state index is -2.30. The zero-order valence-electron chi connectivity index (χ0n) is 31.3. The highest BCUT2D eigenvalue weighted by atomic mass is 16.7. The molecule has 7 rings (SSSR count). The van der Waals surface area contributed by atoms with Crippen LogP contribution in [0.15, 0.2) is 30.3 Å². The van der Waals surface area contributed by atoms with Crippen LogP contribution in [-0.2, 0) is 47.5 Å². The molecule has 1 spiro atoms. The Morgan fingerprint density at radius 3 is 2.19 bits per heavy atom. The number of methoxy groups -OCH3 is 4. The van der Waals surface area contributed by atoms with Crippen molar-refractivity contribution in [3.63, 3.8) is 0 Å². The van der Waals surface area contributed by atoms with Gasteiger partial charge in [-0.15, -0.1) is 0 Å². The molecule has 1 saturated heterocycles. The van der Waals surface area contributed by atoms with Gasteiger partial charge in [0.1, 0.15) is 23.9 Å². The molecular formula is C38H51NO15. The van der Waals surface area contributed by atoms with E-state index in [0.717, 1.165) is 0 Å². The van der Waals surface area contributed by atoms with E-state index in [1.54, 1.807) is 30.3 Å². The third kappa shape index (κ3) is 4.83. The number of hydrogen-bond donors (Lipinski definition) is 4. The number of esters is 3. The summed E-state index contributed by atoms with van der Waals surface area (Å²) >= 11 is 0. The van der Waals surface area contributed by atoms with Gasteiger partial charge in [-0.3, -0.25) is 19.3 Å². The number of carboxylic acids is 1. The summed E-state index contributed by atoms with van der Waals surface area (Å²) in [6, 6.07) is 7.67. The normalized spacial score (nSPS) is 45.4. The number of piperidine rings is 1. The number of nitrogens with zero attached hydrogens (tertiary/aromatic N) is 1. The molecule has 298 valence electrons. The summed E-state index contributed by atoms with van der Waals surface area (Å²) in [7, 11) is 5.73. The third-order valence-electron chi connectivity index (χ3n) is 14.1. The van der Waals surface area contributed by atoms with Crippen LogP contribution in [0.1, 0.15) is 49.9 Å². The maximum Gasteiger partial charge on any atom is 0.338 e. The predicted octanol–water partition coefficient (Wildman–Crippen LogP) is 0.384. The van der Waals surface area contributed by atoms with E-state index < -0.39 is 125 Å². The topological polar surface area (TPSA) is 217 Å². The van der Waals surface area contributed by atoms with Gasteiger partial charge in [0, 0.05) is 77.5 Å². The van der Waals surface area contributed by atoms with Crippen LogP contribution in [0.4, 0.5) is 0 Å². The molecule has 5 saturated carbocycles. The summed E-state index contributed by atoms with van der Waals surface area (Å²) in [6.45, 7) is 3.44. The van der Waals surface area contributed by atoms with E-state index in [-0.39, 0.29) is 31.6 Å². The molecule has 1 unspecified atom stereocenters. The van der Waals surface area contributed by atoms with Gasteiger partial charge in [-0.05, 0) is 31.0 Å². The van der Waals surface area contributed by atoms with Gasteiger partial charge in [0.2, 0.25) is 5.79 Å². The van der Waals surface area contributed by atoms with Gasteiger partial charge in [-0.25, -0.2) is 4.79 Å². The van der Waals surface area contributed by atoms with E-state index in [1.807, 2.05) is 6.92 Å². The van der Waals surface area contributed by atoms with Gasteiger partial charge >= 0.3 is 23.9 Å². The minimum absolute atomic E-state index is 0.0952. The van der Waals surface area contributed by atoms with E-state index in [2.05, 4.69) is 4.90 Å².